The number of nitrogens with one attached hydrogen (secondary N) is 1. The van der Waals surface area contributed by atoms with Gasteiger partial charge in [0.1, 0.15) is 22.7 Å². The Morgan fingerprint density at radius 1 is 1.07 bits per heavy atom. The molecule has 238 valence electrons. The van der Waals surface area contributed by atoms with Gasteiger partial charge in [0, 0.05) is 43.7 Å². The predicted molar refractivity (Wildman–Crippen MR) is 176 cm³/mol. The highest BCUT2D eigenvalue weighted by Crippen LogP contribution is 2.35. The third-order valence-electron chi connectivity index (χ3n) is 9.10. The number of benzene rings is 2. The number of rotatable bonds is 3. The van der Waals surface area contributed by atoms with E-state index in [4.69, 9.17) is 25.2 Å². The van der Waals surface area contributed by atoms with Crippen LogP contribution in [0.4, 0.5) is 0 Å². The number of hydrogen-bond acceptors (Lipinski definition) is 7. The minimum absolute atomic E-state index is 0.00899. The number of piperidine rings is 1. The van der Waals surface area contributed by atoms with Gasteiger partial charge in [-0.15, -0.1) is 0 Å². The third-order valence-corrected chi connectivity index (χ3v) is 9.10. The number of pyridine rings is 1. The van der Waals surface area contributed by atoms with E-state index in [-0.39, 0.29) is 23.9 Å². The fourth-order valence-electron chi connectivity index (χ4n) is 6.67. The van der Waals surface area contributed by atoms with Gasteiger partial charge in [-0.2, -0.15) is 0 Å². The lowest BCUT2D eigenvalue weighted by molar-refractivity contribution is 0.0708. The molecule has 2 aliphatic rings. The lowest BCUT2D eigenvalue weighted by Crippen LogP contribution is -2.45. The molecule has 11 heteroatoms. The van der Waals surface area contributed by atoms with E-state index in [1.54, 1.807) is 19.2 Å². The van der Waals surface area contributed by atoms with Gasteiger partial charge in [-0.05, 0) is 75.1 Å². The van der Waals surface area contributed by atoms with Crippen LogP contribution in [0.5, 0.6) is 11.5 Å². The number of para-hydroxylation sites is 1. The monoisotopic (exact) mass is 621 g/mol. The Bertz CT molecular complexity index is 1960. The number of hydrogen-bond donors (Lipinski definition) is 2. The lowest BCUT2D eigenvalue weighted by atomic mass is 10.0. The average molecular weight is 622 g/mol. The predicted octanol–water partition coefficient (Wildman–Crippen LogP) is 4.83. The second-order valence-electron chi connectivity index (χ2n) is 12.3. The normalized spacial score (nSPS) is 19.0. The Morgan fingerprint density at radius 2 is 1.91 bits per heavy atom. The van der Waals surface area contributed by atoms with Crippen molar-refractivity contribution < 1.29 is 19.1 Å². The van der Waals surface area contributed by atoms with Crippen LogP contribution >= 0.6 is 0 Å². The SMILES string of the molecule is COc1cc(C(=O)N2CCC[C@@H](N)C2)cc2nc(-c3cc4ccc5nc4n3CCCCOc3ccccc3C(=O)N[C@@H]5C)n(C)c12. The summed E-state index contributed by atoms with van der Waals surface area (Å²) in [5.41, 5.74) is 11.2. The second kappa shape index (κ2) is 12.1. The Hall–Kier alpha value is -4.90. The second-order valence-corrected chi connectivity index (χ2v) is 12.3. The topological polar surface area (TPSA) is 130 Å². The number of likely N-dealkylation sites (tertiary alicyclic amines) is 1. The van der Waals surface area contributed by atoms with Crippen molar-refractivity contribution in [3.05, 3.63) is 71.4 Å². The molecule has 2 atom stereocenters. The van der Waals surface area contributed by atoms with Crippen LogP contribution in [0.2, 0.25) is 0 Å². The van der Waals surface area contributed by atoms with Gasteiger partial charge in [-0.3, -0.25) is 9.59 Å². The fourth-order valence-corrected chi connectivity index (χ4v) is 6.67. The van der Waals surface area contributed by atoms with E-state index in [9.17, 15) is 9.59 Å². The summed E-state index contributed by atoms with van der Waals surface area (Å²) in [4.78, 5) is 38.7. The number of amides is 2. The number of carbonyl (C=O) groups is 2. The van der Waals surface area contributed by atoms with Crippen LogP contribution < -0.4 is 20.5 Å². The van der Waals surface area contributed by atoms with E-state index in [0.717, 1.165) is 59.4 Å². The zero-order chi connectivity index (χ0) is 31.9. The highest BCUT2D eigenvalue weighted by atomic mass is 16.5. The van der Waals surface area contributed by atoms with Crippen molar-refractivity contribution in [3.63, 3.8) is 0 Å². The number of nitrogens with two attached hydrogens (primary N) is 1. The Balaban J connectivity index is 1.30. The minimum atomic E-state index is -0.329. The van der Waals surface area contributed by atoms with Crippen LogP contribution in [0, 0.1) is 0 Å². The van der Waals surface area contributed by atoms with Gasteiger partial charge in [0.25, 0.3) is 11.8 Å². The molecule has 11 nitrogen and oxygen atoms in total. The maximum atomic E-state index is 13.5. The summed E-state index contributed by atoms with van der Waals surface area (Å²) in [6.45, 7) is 4.34. The summed E-state index contributed by atoms with van der Waals surface area (Å²) < 4.78 is 16.1. The quantitative estimate of drug-likeness (QED) is 0.295. The standard InChI is InChI=1S/C35H39N7O4/c1-21-26-13-12-22-18-28(42(32(22)38-26)15-6-7-16-46-29-11-5-4-10-25(29)34(43)37-21)33-39-27-17-23(19-30(45-3)31(27)40(33)2)35(44)41-14-8-9-24(36)20-41/h4-5,10-13,17-19,21,24H,6-9,14-16,20,36H2,1-3H3,(H,37,43)/t21-,24-/m1/s1. The van der Waals surface area contributed by atoms with Crippen molar-refractivity contribution in [2.45, 2.75) is 51.2 Å². The molecule has 3 N–H and O–H groups in total. The van der Waals surface area contributed by atoms with E-state index < -0.39 is 0 Å². The molecule has 1 fully saturated rings. The number of methoxy groups -OCH3 is 1. The summed E-state index contributed by atoms with van der Waals surface area (Å²) in [5.74, 6) is 1.64. The van der Waals surface area contributed by atoms with Gasteiger partial charge in [-0.1, -0.05) is 12.1 Å². The van der Waals surface area contributed by atoms with Crippen LogP contribution in [0.3, 0.4) is 0 Å². The first-order chi connectivity index (χ1) is 22.3. The third kappa shape index (κ3) is 5.34. The first kappa shape index (κ1) is 29.8. The molecular formula is C35H39N7O4. The van der Waals surface area contributed by atoms with Crippen LogP contribution in [-0.4, -0.2) is 68.7 Å². The summed E-state index contributed by atoms with van der Waals surface area (Å²) in [7, 11) is 3.58. The van der Waals surface area contributed by atoms with E-state index in [1.165, 1.54) is 0 Å². The molecule has 0 aliphatic carbocycles. The average Bonchev–Trinajstić information content (AvgIpc) is 3.59. The van der Waals surface area contributed by atoms with Crippen molar-refractivity contribution >= 4 is 33.9 Å². The molecule has 7 rings (SSSR count). The number of nitrogens with zero attached hydrogens (tertiary/aromatic N) is 5. The smallest absolute Gasteiger partial charge is 0.255 e. The lowest BCUT2D eigenvalue weighted by Gasteiger charge is -2.30. The van der Waals surface area contributed by atoms with E-state index in [0.29, 0.717) is 54.4 Å². The number of carbonyl (C=O) groups excluding carboxylic acids is 2. The van der Waals surface area contributed by atoms with Crippen molar-refractivity contribution in [3.8, 4) is 23.0 Å². The fraction of sp³-hybridized carbons (Fsp3) is 0.371. The van der Waals surface area contributed by atoms with Crippen LogP contribution in [0.1, 0.15) is 65.1 Å². The molecule has 2 amide bonds. The number of aromatic nitrogens is 4. The zero-order valence-electron chi connectivity index (χ0n) is 26.5. The van der Waals surface area contributed by atoms with Crippen LogP contribution in [0.15, 0.2) is 54.6 Å². The summed E-state index contributed by atoms with van der Waals surface area (Å²) in [6, 6.07) is 16.8. The van der Waals surface area contributed by atoms with E-state index in [1.807, 2.05) is 59.8 Å². The van der Waals surface area contributed by atoms with Gasteiger partial charge >= 0.3 is 0 Å². The first-order valence-electron chi connectivity index (χ1n) is 15.9. The molecule has 2 bridgehead atoms. The summed E-state index contributed by atoms with van der Waals surface area (Å²) in [5, 5.41) is 4.07. The van der Waals surface area contributed by atoms with Crippen LogP contribution in [-0.2, 0) is 13.6 Å². The molecule has 0 radical (unpaired) electrons. The van der Waals surface area contributed by atoms with Crippen molar-refractivity contribution in [1.29, 1.82) is 0 Å². The molecule has 3 aromatic heterocycles. The summed E-state index contributed by atoms with van der Waals surface area (Å²) in [6.07, 6.45) is 3.43. The molecule has 2 aromatic carbocycles. The Labute approximate surface area is 267 Å². The van der Waals surface area contributed by atoms with Crippen molar-refractivity contribution in [2.24, 2.45) is 12.8 Å². The summed E-state index contributed by atoms with van der Waals surface area (Å²) >= 11 is 0. The minimum Gasteiger partial charge on any atom is -0.494 e. The van der Waals surface area contributed by atoms with E-state index >= 15 is 0 Å². The molecule has 0 spiro atoms. The molecular weight excluding hydrogens is 582 g/mol. The molecule has 1 saturated heterocycles. The molecule has 0 unspecified atom stereocenters. The molecule has 5 aromatic rings. The van der Waals surface area contributed by atoms with Gasteiger partial charge in [0.2, 0.25) is 0 Å². The molecule has 5 heterocycles. The molecule has 2 aliphatic heterocycles. The van der Waals surface area contributed by atoms with Crippen molar-refractivity contribution in [1.82, 2.24) is 29.3 Å². The van der Waals surface area contributed by atoms with Gasteiger partial charge in [-0.25, -0.2) is 9.97 Å². The number of ether oxygens (including phenoxy) is 2. The van der Waals surface area contributed by atoms with Crippen molar-refractivity contribution in [2.75, 3.05) is 26.8 Å². The van der Waals surface area contributed by atoms with Gasteiger partial charge in [0.15, 0.2) is 5.82 Å². The highest BCUT2D eigenvalue weighted by molar-refractivity contribution is 6.00. The Kier molecular flexibility index (Phi) is 7.85. The Morgan fingerprint density at radius 3 is 2.74 bits per heavy atom. The maximum Gasteiger partial charge on any atom is 0.255 e. The zero-order valence-corrected chi connectivity index (χ0v) is 26.5. The molecule has 0 saturated carbocycles. The highest BCUT2D eigenvalue weighted by Gasteiger charge is 2.26. The van der Waals surface area contributed by atoms with Gasteiger partial charge < -0.3 is 34.6 Å². The largest absolute Gasteiger partial charge is 0.494 e. The maximum absolute atomic E-state index is 13.5. The number of aryl methyl sites for hydroxylation is 2. The number of imidazole rings is 1. The number of fused-ring (bicyclic) bond motifs is 3. The van der Waals surface area contributed by atoms with Gasteiger partial charge in [0.05, 0.1) is 42.2 Å². The molecule has 46 heavy (non-hydrogen) atoms. The first-order valence-corrected chi connectivity index (χ1v) is 15.9. The van der Waals surface area contributed by atoms with Crippen LogP contribution in [0.25, 0.3) is 33.6 Å². The van der Waals surface area contributed by atoms with E-state index in [2.05, 4.69) is 16.0 Å².